The first-order valence-corrected chi connectivity index (χ1v) is 11.8. The highest BCUT2D eigenvalue weighted by atomic mass is 16.5. The predicted molar refractivity (Wildman–Crippen MR) is 128 cm³/mol. The smallest absolute Gasteiger partial charge is 0.344 e. The molecular formula is C27H33NO5. The van der Waals surface area contributed by atoms with Crippen LogP contribution in [0.5, 0.6) is 11.5 Å². The standard InChI is InChI=1S/C27H33NO5/c1-3-5-6-10-13-25(27(29)30)32-22-16-14-21(15-17-22)31-19-18-23-24(4-2)33-26(28-23)20-11-8-7-9-12-20/h7-9,11-12,14-17,25H,3-6,10,13,18-19H2,1-2H3,(H,29,30). The summed E-state index contributed by atoms with van der Waals surface area (Å²) in [6.45, 7) is 4.64. The quantitative estimate of drug-likeness (QED) is 0.289. The third-order valence-corrected chi connectivity index (χ3v) is 5.43. The molecule has 1 aromatic heterocycles. The Kier molecular flexibility index (Phi) is 9.36. The molecule has 0 aliphatic rings. The molecule has 0 bridgehead atoms. The molecule has 6 nitrogen and oxygen atoms in total. The molecule has 0 aliphatic heterocycles. The zero-order valence-corrected chi connectivity index (χ0v) is 19.5. The van der Waals surface area contributed by atoms with Crippen molar-refractivity contribution in [3.05, 3.63) is 66.1 Å². The second-order valence-electron chi connectivity index (χ2n) is 7.97. The van der Waals surface area contributed by atoms with E-state index < -0.39 is 12.1 Å². The van der Waals surface area contributed by atoms with Crippen molar-refractivity contribution in [3.8, 4) is 23.0 Å². The first kappa shape index (κ1) is 24.4. The summed E-state index contributed by atoms with van der Waals surface area (Å²) in [5.41, 5.74) is 1.86. The molecule has 1 heterocycles. The van der Waals surface area contributed by atoms with E-state index in [0.717, 1.165) is 49.1 Å². The van der Waals surface area contributed by atoms with E-state index in [-0.39, 0.29) is 0 Å². The second-order valence-corrected chi connectivity index (χ2v) is 7.97. The highest BCUT2D eigenvalue weighted by Crippen LogP contribution is 2.24. The van der Waals surface area contributed by atoms with Gasteiger partial charge in [0, 0.05) is 18.4 Å². The van der Waals surface area contributed by atoms with Crippen molar-refractivity contribution in [1.29, 1.82) is 0 Å². The van der Waals surface area contributed by atoms with Gasteiger partial charge in [-0.05, 0) is 49.2 Å². The van der Waals surface area contributed by atoms with E-state index in [0.29, 0.717) is 36.8 Å². The van der Waals surface area contributed by atoms with Crippen LogP contribution in [0.4, 0.5) is 0 Å². The second kappa shape index (κ2) is 12.7. The number of unbranched alkanes of at least 4 members (excludes halogenated alkanes) is 3. The lowest BCUT2D eigenvalue weighted by molar-refractivity contribution is -0.145. The van der Waals surface area contributed by atoms with Gasteiger partial charge in [0.25, 0.3) is 0 Å². The van der Waals surface area contributed by atoms with Crippen LogP contribution in [0.1, 0.15) is 57.4 Å². The van der Waals surface area contributed by atoms with E-state index in [1.807, 2.05) is 37.3 Å². The summed E-state index contributed by atoms with van der Waals surface area (Å²) in [7, 11) is 0. The largest absolute Gasteiger partial charge is 0.493 e. The Balaban J connectivity index is 1.51. The lowest BCUT2D eigenvalue weighted by Gasteiger charge is -2.15. The summed E-state index contributed by atoms with van der Waals surface area (Å²) < 4.78 is 17.5. The molecular weight excluding hydrogens is 418 g/mol. The van der Waals surface area contributed by atoms with Crippen molar-refractivity contribution >= 4 is 5.97 Å². The Labute approximate surface area is 195 Å². The number of carboxylic acid groups (broad SMARTS) is 1. The van der Waals surface area contributed by atoms with Crippen molar-refractivity contribution in [3.63, 3.8) is 0 Å². The van der Waals surface area contributed by atoms with E-state index >= 15 is 0 Å². The van der Waals surface area contributed by atoms with Crippen molar-refractivity contribution in [2.24, 2.45) is 0 Å². The van der Waals surface area contributed by atoms with Gasteiger partial charge in [-0.1, -0.05) is 51.3 Å². The maximum absolute atomic E-state index is 11.5. The monoisotopic (exact) mass is 451 g/mol. The molecule has 0 saturated heterocycles. The lowest BCUT2D eigenvalue weighted by atomic mass is 10.1. The number of benzene rings is 2. The molecule has 1 N–H and O–H groups in total. The van der Waals surface area contributed by atoms with Crippen LogP contribution in [0, 0.1) is 0 Å². The minimum Gasteiger partial charge on any atom is -0.493 e. The van der Waals surface area contributed by atoms with Gasteiger partial charge in [0.05, 0.1) is 12.3 Å². The molecule has 2 aromatic carbocycles. The zero-order chi connectivity index (χ0) is 23.5. The van der Waals surface area contributed by atoms with Gasteiger partial charge in [-0.25, -0.2) is 9.78 Å². The van der Waals surface area contributed by atoms with Crippen LogP contribution in [-0.4, -0.2) is 28.8 Å². The van der Waals surface area contributed by atoms with Gasteiger partial charge in [-0.3, -0.25) is 0 Å². The van der Waals surface area contributed by atoms with Crippen molar-refractivity contribution in [2.75, 3.05) is 6.61 Å². The van der Waals surface area contributed by atoms with Crippen LogP contribution in [-0.2, 0) is 17.6 Å². The molecule has 176 valence electrons. The minimum atomic E-state index is -0.930. The third kappa shape index (κ3) is 7.38. The van der Waals surface area contributed by atoms with E-state index in [4.69, 9.17) is 13.9 Å². The fourth-order valence-corrected chi connectivity index (χ4v) is 3.59. The minimum absolute atomic E-state index is 0.461. The van der Waals surface area contributed by atoms with Crippen LogP contribution < -0.4 is 9.47 Å². The first-order valence-electron chi connectivity index (χ1n) is 11.8. The van der Waals surface area contributed by atoms with Crippen LogP contribution in [0.25, 0.3) is 11.5 Å². The highest BCUT2D eigenvalue weighted by Gasteiger charge is 2.19. The van der Waals surface area contributed by atoms with E-state index in [1.54, 1.807) is 24.3 Å². The summed E-state index contributed by atoms with van der Waals surface area (Å²) in [4.78, 5) is 16.2. The topological polar surface area (TPSA) is 81.8 Å². The van der Waals surface area contributed by atoms with Crippen molar-refractivity contribution < 1.29 is 23.8 Å². The van der Waals surface area contributed by atoms with Gasteiger partial charge in [0.15, 0.2) is 6.10 Å². The number of aryl methyl sites for hydroxylation is 1. The molecule has 33 heavy (non-hydrogen) atoms. The SMILES string of the molecule is CCCCCCC(Oc1ccc(OCCc2nc(-c3ccccc3)oc2CC)cc1)C(=O)O. The number of aliphatic carboxylic acids is 1. The van der Waals surface area contributed by atoms with Crippen molar-refractivity contribution in [2.45, 2.75) is 64.9 Å². The fraction of sp³-hybridized carbons (Fsp3) is 0.407. The average Bonchev–Trinajstić information content (AvgIpc) is 3.25. The van der Waals surface area contributed by atoms with E-state index in [1.165, 1.54) is 0 Å². The lowest BCUT2D eigenvalue weighted by Crippen LogP contribution is -2.26. The molecule has 3 rings (SSSR count). The maximum atomic E-state index is 11.5. The molecule has 0 spiro atoms. The Morgan fingerprint density at radius 1 is 1.00 bits per heavy atom. The van der Waals surface area contributed by atoms with Crippen molar-refractivity contribution in [1.82, 2.24) is 4.98 Å². The summed E-state index contributed by atoms with van der Waals surface area (Å²) in [5.74, 6) is 1.80. The third-order valence-electron chi connectivity index (χ3n) is 5.43. The first-order chi connectivity index (χ1) is 16.1. The summed E-state index contributed by atoms with van der Waals surface area (Å²) in [5, 5.41) is 9.42. The summed E-state index contributed by atoms with van der Waals surface area (Å²) in [6, 6.07) is 16.9. The van der Waals surface area contributed by atoms with Crippen LogP contribution in [0.15, 0.2) is 59.0 Å². The predicted octanol–water partition coefficient (Wildman–Crippen LogP) is 6.33. The van der Waals surface area contributed by atoms with Gasteiger partial charge < -0.3 is 19.0 Å². The Morgan fingerprint density at radius 3 is 2.39 bits per heavy atom. The van der Waals surface area contributed by atoms with Crippen LogP contribution >= 0.6 is 0 Å². The Morgan fingerprint density at radius 2 is 1.73 bits per heavy atom. The van der Waals surface area contributed by atoms with Gasteiger partial charge in [-0.2, -0.15) is 0 Å². The molecule has 6 heteroatoms. The Bertz CT molecular complexity index is 982. The molecule has 3 aromatic rings. The zero-order valence-electron chi connectivity index (χ0n) is 19.5. The van der Waals surface area contributed by atoms with Gasteiger partial charge in [-0.15, -0.1) is 0 Å². The number of hydrogen-bond donors (Lipinski definition) is 1. The maximum Gasteiger partial charge on any atom is 0.344 e. The molecule has 1 unspecified atom stereocenters. The fourth-order valence-electron chi connectivity index (χ4n) is 3.59. The summed E-state index contributed by atoms with van der Waals surface area (Å²) >= 11 is 0. The van der Waals surface area contributed by atoms with E-state index in [9.17, 15) is 9.90 Å². The molecule has 0 aliphatic carbocycles. The van der Waals surface area contributed by atoms with Gasteiger partial charge >= 0.3 is 5.97 Å². The number of hydrogen-bond acceptors (Lipinski definition) is 5. The highest BCUT2D eigenvalue weighted by molar-refractivity contribution is 5.72. The Hall–Kier alpha value is -3.28. The number of nitrogens with zero attached hydrogens (tertiary/aromatic N) is 1. The number of rotatable bonds is 14. The molecule has 0 fully saturated rings. The molecule has 0 radical (unpaired) electrons. The van der Waals surface area contributed by atoms with E-state index in [2.05, 4.69) is 11.9 Å². The van der Waals surface area contributed by atoms with Crippen LogP contribution in [0.2, 0.25) is 0 Å². The molecule has 0 amide bonds. The number of carboxylic acids is 1. The molecule has 0 saturated carbocycles. The number of aromatic nitrogens is 1. The molecule has 1 atom stereocenters. The normalized spacial score (nSPS) is 11.8. The number of carbonyl (C=O) groups is 1. The van der Waals surface area contributed by atoms with Crippen LogP contribution in [0.3, 0.4) is 0 Å². The average molecular weight is 452 g/mol. The summed E-state index contributed by atoms with van der Waals surface area (Å²) in [6.07, 6.45) is 5.18. The van der Waals surface area contributed by atoms with Gasteiger partial charge in [0.1, 0.15) is 17.3 Å². The van der Waals surface area contributed by atoms with Gasteiger partial charge in [0.2, 0.25) is 5.89 Å². The number of oxazole rings is 1. The number of ether oxygens (including phenoxy) is 2.